The summed E-state index contributed by atoms with van der Waals surface area (Å²) < 4.78 is 0. The maximum atomic E-state index is 5.35. The van der Waals surface area contributed by atoms with E-state index in [1.165, 1.54) is 11.1 Å². The molecule has 0 aliphatic carbocycles. The number of aryl methyl sites for hydroxylation is 1. The minimum absolute atomic E-state index is 0.0315. The van der Waals surface area contributed by atoms with Crippen LogP contribution >= 0.6 is 0 Å². The van der Waals surface area contributed by atoms with Gasteiger partial charge in [-0.05, 0) is 17.5 Å². The highest BCUT2D eigenvalue weighted by molar-refractivity contribution is 5.75. The third-order valence-electron chi connectivity index (χ3n) is 2.80. The highest BCUT2D eigenvalue weighted by Gasteiger charge is 2.19. The molecule has 1 aromatic rings. The third-order valence-corrected chi connectivity index (χ3v) is 2.80. The zero-order chi connectivity index (χ0) is 12.2. The predicted octanol–water partition coefficient (Wildman–Crippen LogP) is 1.80. The van der Waals surface area contributed by atoms with E-state index < -0.39 is 0 Å². The van der Waals surface area contributed by atoms with Crippen LogP contribution in [0.2, 0.25) is 0 Å². The van der Waals surface area contributed by atoms with Crippen molar-refractivity contribution in [3.05, 3.63) is 35.4 Å². The molecule has 0 aliphatic rings. The number of rotatable bonds is 4. The van der Waals surface area contributed by atoms with Gasteiger partial charge in [0.2, 0.25) is 0 Å². The van der Waals surface area contributed by atoms with E-state index in [1.807, 2.05) is 0 Å². The van der Waals surface area contributed by atoms with E-state index in [4.69, 9.17) is 11.5 Å². The summed E-state index contributed by atoms with van der Waals surface area (Å²) in [5.74, 6) is 0.151. The van der Waals surface area contributed by atoms with Crippen LogP contribution < -0.4 is 11.5 Å². The number of guanidine groups is 1. The van der Waals surface area contributed by atoms with Gasteiger partial charge in [0, 0.05) is 5.41 Å². The second kappa shape index (κ2) is 5.01. The Hall–Kier alpha value is -1.51. The van der Waals surface area contributed by atoms with Crippen molar-refractivity contribution in [1.82, 2.24) is 0 Å². The molecule has 0 fully saturated rings. The van der Waals surface area contributed by atoms with E-state index in [0.717, 1.165) is 6.42 Å². The van der Waals surface area contributed by atoms with Crippen molar-refractivity contribution in [3.63, 3.8) is 0 Å². The molecule has 0 amide bonds. The van der Waals surface area contributed by atoms with Crippen LogP contribution in [-0.2, 0) is 11.8 Å². The zero-order valence-corrected chi connectivity index (χ0v) is 10.3. The van der Waals surface area contributed by atoms with Gasteiger partial charge in [-0.1, -0.05) is 45.0 Å². The Kier molecular flexibility index (Phi) is 3.93. The first-order valence-electron chi connectivity index (χ1n) is 5.60. The van der Waals surface area contributed by atoms with E-state index in [0.29, 0.717) is 6.54 Å². The molecule has 0 saturated carbocycles. The van der Waals surface area contributed by atoms with Gasteiger partial charge in [-0.25, -0.2) is 0 Å². The Morgan fingerprint density at radius 1 is 1.19 bits per heavy atom. The molecule has 1 rings (SSSR count). The number of hydrogen-bond acceptors (Lipinski definition) is 1. The summed E-state index contributed by atoms with van der Waals surface area (Å²) >= 11 is 0. The Morgan fingerprint density at radius 2 is 1.75 bits per heavy atom. The molecule has 88 valence electrons. The molecule has 3 heteroatoms. The SMILES string of the molecule is CCc1ccc(C(C)(C)CN=C(N)N)cc1. The number of hydrogen-bond donors (Lipinski definition) is 2. The van der Waals surface area contributed by atoms with Crippen molar-refractivity contribution in [3.8, 4) is 0 Å². The van der Waals surface area contributed by atoms with Gasteiger partial charge in [0.1, 0.15) is 0 Å². The second-order valence-electron chi connectivity index (χ2n) is 4.68. The molecule has 0 bridgehead atoms. The van der Waals surface area contributed by atoms with Crippen LogP contribution in [0.25, 0.3) is 0 Å². The zero-order valence-electron chi connectivity index (χ0n) is 10.3. The van der Waals surface area contributed by atoms with Crippen LogP contribution in [0.3, 0.4) is 0 Å². The summed E-state index contributed by atoms with van der Waals surface area (Å²) in [6.07, 6.45) is 1.06. The molecule has 1 aromatic carbocycles. The van der Waals surface area contributed by atoms with Gasteiger partial charge in [0.05, 0.1) is 6.54 Å². The smallest absolute Gasteiger partial charge is 0.185 e. The van der Waals surface area contributed by atoms with Crippen molar-refractivity contribution < 1.29 is 0 Å². The summed E-state index contributed by atoms with van der Waals surface area (Å²) in [7, 11) is 0. The third kappa shape index (κ3) is 3.26. The molecule has 16 heavy (non-hydrogen) atoms. The van der Waals surface area contributed by atoms with Crippen molar-refractivity contribution in [1.29, 1.82) is 0 Å². The topological polar surface area (TPSA) is 64.4 Å². The van der Waals surface area contributed by atoms with E-state index in [9.17, 15) is 0 Å². The van der Waals surface area contributed by atoms with E-state index in [2.05, 4.69) is 50.0 Å². The van der Waals surface area contributed by atoms with Gasteiger partial charge in [-0.2, -0.15) is 0 Å². The second-order valence-corrected chi connectivity index (χ2v) is 4.68. The first kappa shape index (κ1) is 12.6. The fourth-order valence-electron chi connectivity index (χ4n) is 1.57. The lowest BCUT2D eigenvalue weighted by atomic mass is 9.84. The van der Waals surface area contributed by atoms with Crippen LogP contribution in [0.5, 0.6) is 0 Å². The van der Waals surface area contributed by atoms with Crippen molar-refractivity contribution >= 4 is 5.96 Å². The molecule has 0 aliphatic heterocycles. The summed E-state index contributed by atoms with van der Waals surface area (Å²) in [5.41, 5.74) is 13.3. The summed E-state index contributed by atoms with van der Waals surface area (Å²) in [6.45, 7) is 7.04. The molecule has 0 saturated heterocycles. The lowest BCUT2D eigenvalue weighted by Crippen LogP contribution is -2.28. The Bertz CT molecular complexity index is 359. The van der Waals surface area contributed by atoms with E-state index in [1.54, 1.807) is 0 Å². The number of nitrogens with two attached hydrogens (primary N) is 2. The summed E-state index contributed by atoms with van der Waals surface area (Å²) in [4.78, 5) is 4.09. The fraction of sp³-hybridized carbons (Fsp3) is 0.462. The number of benzene rings is 1. The highest BCUT2D eigenvalue weighted by atomic mass is 15.0. The molecule has 0 unspecified atom stereocenters. The van der Waals surface area contributed by atoms with Gasteiger partial charge in [-0.15, -0.1) is 0 Å². The summed E-state index contributed by atoms with van der Waals surface area (Å²) in [6, 6.07) is 8.63. The van der Waals surface area contributed by atoms with Crippen LogP contribution in [0, 0.1) is 0 Å². The first-order valence-corrected chi connectivity index (χ1v) is 5.60. The quantitative estimate of drug-likeness (QED) is 0.599. The average molecular weight is 219 g/mol. The minimum atomic E-state index is -0.0315. The van der Waals surface area contributed by atoms with Crippen LogP contribution in [0.1, 0.15) is 31.9 Å². The molecule has 0 heterocycles. The predicted molar refractivity (Wildman–Crippen MR) is 69.5 cm³/mol. The van der Waals surface area contributed by atoms with Gasteiger partial charge in [0.15, 0.2) is 5.96 Å². The standard InChI is InChI=1S/C13H21N3/c1-4-10-5-7-11(8-6-10)13(2,3)9-16-12(14)15/h5-8H,4,9H2,1-3H3,(H4,14,15,16). The van der Waals surface area contributed by atoms with Gasteiger partial charge in [-0.3, -0.25) is 4.99 Å². The molecule has 0 spiro atoms. The number of nitrogens with zero attached hydrogens (tertiary/aromatic N) is 1. The monoisotopic (exact) mass is 219 g/mol. The maximum Gasteiger partial charge on any atom is 0.185 e. The Balaban J connectivity index is 2.84. The van der Waals surface area contributed by atoms with E-state index >= 15 is 0 Å². The molecule has 0 atom stereocenters. The molecule has 0 aromatic heterocycles. The van der Waals surface area contributed by atoms with Gasteiger partial charge < -0.3 is 11.5 Å². The normalized spacial score (nSPS) is 11.2. The van der Waals surface area contributed by atoms with E-state index in [-0.39, 0.29) is 11.4 Å². The van der Waals surface area contributed by atoms with Gasteiger partial charge >= 0.3 is 0 Å². The summed E-state index contributed by atoms with van der Waals surface area (Å²) in [5, 5.41) is 0. The first-order chi connectivity index (χ1) is 7.45. The van der Waals surface area contributed by atoms with Crippen LogP contribution in [0.4, 0.5) is 0 Å². The van der Waals surface area contributed by atoms with Crippen molar-refractivity contribution in [2.45, 2.75) is 32.6 Å². The van der Waals surface area contributed by atoms with Gasteiger partial charge in [0.25, 0.3) is 0 Å². The molecular formula is C13H21N3. The van der Waals surface area contributed by atoms with Crippen molar-refractivity contribution in [2.75, 3.05) is 6.54 Å². The highest BCUT2D eigenvalue weighted by Crippen LogP contribution is 2.23. The Morgan fingerprint density at radius 3 is 2.19 bits per heavy atom. The molecule has 0 radical (unpaired) electrons. The van der Waals surface area contributed by atoms with Crippen LogP contribution in [0.15, 0.2) is 29.3 Å². The molecule has 4 N–H and O–H groups in total. The minimum Gasteiger partial charge on any atom is -0.370 e. The lowest BCUT2D eigenvalue weighted by molar-refractivity contribution is 0.540. The maximum absolute atomic E-state index is 5.35. The van der Waals surface area contributed by atoms with Crippen molar-refractivity contribution in [2.24, 2.45) is 16.5 Å². The lowest BCUT2D eigenvalue weighted by Gasteiger charge is -2.23. The molecule has 3 nitrogen and oxygen atoms in total. The largest absolute Gasteiger partial charge is 0.370 e. The number of aliphatic imine (C=N–C) groups is 1. The molecular weight excluding hydrogens is 198 g/mol. The average Bonchev–Trinajstić information content (AvgIpc) is 2.27. The van der Waals surface area contributed by atoms with Crippen LogP contribution in [-0.4, -0.2) is 12.5 Å². The Labute approximate surface area is 97.6 Å². The fourth-order valence-corrected chi connectivity index (χ4v) is 1.57.